The summed E-state index contributed by atoms with van der Waals surface area (Å²) in [5.41, 5.74) is 2.12. The third-order valence-corrected chi connectivity index (χ3v) is 6.33. The topological polar surface area (TPSA) is 29.1 Å². The summed E-state index contributed by atoms with van der Waals surface area (Å²) in [7, 11) is 0. The third kappa shape index (κ3) is 3.35. The number of benzene rings is 2. The van der Waals surface area contributed by atoms with Crippen molar-refractivity contribution < 1.29 is 4.79 Å². The van der Waals surface area contributed by atoms with Crippen LogP contribution in [0.4, 0.5) is 0 Å². The Labute approximate surface area is 150 Å². The predicted octanol–water partition coefficient (Wildman–Crippen LogP) is 4.76. The van der Waals surface area contributed by atoms with Crippen LogP contribution >= 0.6 is 0 Å². The summed E-state index contributed by atoms with van der Waals surface area (Å²) in [6, 6.07) is 20.5. The second-order valence-corrected chi connectivity index (χ2v) is 7.89. The van der Waals surface area contributed by atoms with E-state index in [0.717, 1.165) is 23.0 Å². The smallest absolute Gasteiger partial charge is 0.232 e. The fourth-order valence-corrected chi connectivity index (χ4v) is 5.11. The van der Waals surface area contributed by atoms with E-state index in [-0.39, 0.29) is 17.9 Å². The second kappa shape index (κ2) is 7.03. The van der Waals surface area contributed by atoms with Gasteiger partial charge >= 0.3 is 0 Å². The van der Waals surface area contributed by atoms with Gasteiger partial charge in [-0.2, -0.15) is 0 Å². The zero-order valence-corrected chi connectivity index (χ0v) is 14.9. The molecule has 25 heavy (non-hydrogen) atoms. The molecular weight excluding hydrogens is 306 g/mol. The molecule has 2 nitrogen and oxygen atoms in total. The first-order chi connectivity index (χ1) is 12.2. The van der Waals surface area contributed by atoms with E-state index in [2.05, 4.69) is 36.5 Å². The molecule has 0 unspecified atom stereocenters. The quantitative estimate of drug-likeness (QED) is 0.840. The molecule has 0 aromatic heterocycles. The minimum Gasteiger partial charge on any atom is -0.353 e. The van der Waals surface area contributed by atoms with Gasteiger partial charge in [0.15, 0.2) is 0 Å². The molecule has 2 heteroatoms. The first-order valence-corrected chi connectivity index (χ1v) is 9.62. The fourth-order valence-electron chi connectivity index (χ4n) is 5.11. The largest absolute Gasteiger partial charge is 0.353 e. The zero-order chi connectivity index (χ0) is 17.2. The molecule has 1 N–H and O–H groups in total. The molecule has 1 amide bonds. The zero-order valence-electron chi connectivity index (χ0n) is 14.9. The number of amides is 1. The van der Waals surface area contributed by atoms with Crippen molar-refractivity contribution in [2.45, 2.75) is 44.6 Å². The summed E-state index contributed by atoms with van der Waals surface area (Å²) in [5.74, 6) is 2.30. The molecule has 2 aliphatic carbocycles. The fraction of sp³-hybridized carbons (Fsp3) is 0.435. The lowest BCUT2D eigenvalue weighted by atomic mass is 9.83. The van der Waals surface area contributed by atoms with Crippen molar-refractivity contribution in [1.29, 1.82) is 0 Å². The maximum atomic E-state index is 13.2. The van der Waals surface area contributed by atoms with Crippen LogP contribution in [0.2, 0.25) is 0 Å². The van der Waals surface area contributed by atoms with Gasteiger partial charge in [0.25, 0.3) is 0 Å². The Morgan fingerprint density at radius 1 is 0.920 bits per heavy atom. The van der Waals surface area contributed by atoms with Crippen molar-refractivity contribution in [1.82, 2.24) is 5.32 Å². The summed E-state index contributed by atoms with van der Waals surface area (Å²) in [5, 5.41) is 3.36. The minimum absolute atomic E-state index is 0.132. The summed E-state index contributed by atoms with van der Waals surface area (Å²) in [6.45, 7) is 2.20. The highest BCUT2D eigenvalue weighted by Crippen LogP contribution is 2.49. The van der Waals surface area contributed by atoms with E-state index in [0.29, 0.717) is 5.92 Å². The van der Waals surface area contributed by atoms with E-state index in [1.165, 1.54) is 25.7 Å². The standard InChI is InChI=1S/C23H27NO/c1-16(21-15-17-12-13-20(21)14-17)24-23(25)22(18-8-4-2-5-9-18)19-10-6-3-7-11-19/h2-11,16-17,20-22H,12-15H2,1H3,(H,24,25)/t16-,17-,20-,21+/m0/s1. The molecule has 2 bridgehead atoms. The second-order valence-electron chi connectivity index (χ2n) is 7.89. The Hall–Kier alpha value is -2.09. The van der Waals surface area contributed by atoms with Crippen LogP contribution in [0.25, 0.3) is 0 Å². The number of rotatable bonds is 5. The lowest BCUT2D eigenvalue weighted by Gasteiger charge is -2.30. The average Bonchev–Trinajstić information content (AvgIpc) is 3.27. The number of hydrogen-bond donors (Lipinski definition) is 1. The normalized spacial score (nSPS) is 25.9. The van der Waals surface area contributed by atoms with Crippen LogP contribution in [0, 0.1) is 17.8 Å². The van der Waals surface area contributed by atoms with Gasteiger partial charge in [0, 0.05) is 6.04 Å². The van der Waals surface area contributed by atoms with E-state index in [4.69, 9.17) is 0 Å². The third-order valence-electron chi connectivity index (χ3n) is 6.33. The SMILES string of the molecule is C[C@H](NC(=O)C(c1ccccc1)c1ccccc1)[C@H]1C[C@H]2CC[C@H]1C2. The predicted molar refractivity (Wildman–Crippen MR) is 101 cm³/mol. The van der Waals surface area contributed by atoms with Crippen molar-refractivity contribution >= 4 is 5.91 Å². The van der Waals surface area contributed by atoms with Gasteiger partial charge in [0.2, 0.25) is 5.91 Å². The summed E-state index contributed by atoms with van der Waals surface area (Å²) in [4.78, 5) is 13.2. The molecule has 0 saturated heterocycles. The number of fused-ring (bicyclic) bond motifs is 2. The van der Waals surface area contributed by atoms with E-state index in [1.54, 1.807) is 0 Å². The van der Waals surface area contributed by atoms with Crippen molar-refractivity contribution in [3.63, 3.8) is 0 Å². The molecule has 2 aliphatic rings. The lowest BCUT2D eigenvalue weighted by Crippen LogP contribution is -2.42. The van der Waals surface area contributed by atoms with E-state index < -0.39 is 0 Å². The van der Waals surface area contributed by atoms with Gasteiger partial charge < -0.3 is 5.32 Å². The molecule has 2 aromatic carbocycles. The van der Waals surface area contributed by atoms with Crippen LogP contribution < -0.4 is 5.32 Å². The molecule has 2 aromatic rings. The van der Waals surface area contributed by atoms with Crippen molar-refractivity contribution in [2.75, 3.05) is 0 Å². The Kier molecular flexibility index (Phi) is 4.61. The van der Waals surface area contributed by atoms with Crippen LogP contribution in [-0.4, -0.2) is 11.9 Å². The summed E-state index contributed by atoms with van der Waals surface area (Å²) >= 11 is 0. The minimum atomic E-state index is -0.233. The van der Waals surface area contributed by atoms with Crippen LogP contribution in [-0.2, 0) is 4.79 Å². The maximum Gasteiger partial charge on any atom is 0.232 e. The van der Waals surface area contributed by atoms with Crippen LogP contribution in [0.15, 0.2) is 60.7 Å². The van der Waals surface area contributed by atoms with Gasteiger partial charge in [-0.1, -0.05) is 67.1 Å². The van der Waals surface area contributed by atoms with Crippen molar-refractivity contribution in [3.05, 3.63) is 71.8 Å². The number of nitrogens with one attached hydrogen (secondary N) is 1. The monoisotopic (exact) mass is 333 g/mol. The van der Waals surface area contributed by atoms with Crippen LogP contribution in [0.3, 0.4) is 0 Å². The van der Waals surface area contributed by atoms with Gasteiger partial charge in [0.1, 0.15) is 0 Å². The highest BCUT2D eigenvalue weighted by atomic mass is 16.1. The number of carbonyl (C=O) groups is 1. The van der Waals surface area contributed by atoms with Crippen molar-refractivity contribution in [2.24, 2.45) is 17.8 Å². The number of carbonyl (C=O) groups excluding carboxylic acids is 1. The number of hydrogen-bond acceptors (Lipinski definition) is 1. The maximum absolute atomic E-state index is 13.2. The van der Waals surface area contributed by atoms with E-state index >= 15 is 0 Å². The molecule has 130 valence electrons. The summed E-state index contributed by atoms with van der Waals surface area (Å²) < 4.78 is 0. The molecule has 0 radical (unpaired) electrons. The van der Waals surface area contributed by atoms with Gasteiger partial charge in [-0.15, -0.1) is 0 Å². The Balaban J connectivity index is 1.54. The molecule has 2 saturated carbocycles. The lowest BCUT2D eigenvalue weighted by molar-refractivity contribution is -0.122. The van der Waals surface area contributed by atoms with Gasteiger partial charge in [-0.05, 0) is 55.1 Å². The molecular formula is C23H27NO. The van der Waals surface area contributed by atoms with Gasteiger partial charge in [-0.25, -0.2) is 0 Å². The molecule has 4 rings (SSSR count). The molecule has 4 atom stereocenters. The van der Waals surface area contributed by atoms with Crippen molar-refractivity contribution in [3.8, 4) is 0 Å². The molecule has 0 heterocycles. The molecule has 2 fully saturated rings. The highest BCUT2D eigenvalue weighted by Gasteiger charge is 2.42. The highest BCUT2D eigenvalue weighted by molar-refractivity contribution is 5.87. The Bertz CT molecular complexity index is 672. The average molecular weight is 333 g/mol. The van der Waals surface area contributed by atoms with E-state index in [9.17, 15) is 4.79 Å². The molecule has 0 spiro atoms. The first-order valence-electron chi connectivity index (χ1n) is 9.62. The Morgan fingerprint density at radius 3 is 2.00 bits per heavy atom. The van der Waals surface area contributed by atoms with Gasteiger partial charge in [-0.3, -0.25) is 4.79 Å². The Morgan fingerprint density at radius 2 is 1.52 bits per heavy atom. The summed E-state index contributed by atoms with van der Waals surface area (Å²) in [6.07, 6.45) is 5.44. The van der Waals surface area contributed by atoms with E-state index in [1.807, 2.05) is 36.4 Å². The van der Waals surface area contributed by atoms with Gasteiger partial charge in [0.05, 0.1) is 5.92 Å². The molecule has 0 aliphatic heterocycles. The first kappa shape index (κ1) is 16.4. The van der Waals surface area contributed by atoms with Crippen LogP contribution in [0.5, 0.6) is 0 Å². The van der Waals surface area contributed by atoms with Crippen LogP contribution in [0.1, 0.15) is 49.7 Å².